The second-order valence-electron chi connectivity index (χ2n) is 5.77. The van der Waals surface area contributed by atoms with Crippen LogP contribution in [0.5, 0.6) is 0 Å². The summed E-state index contributed by atoms with van der Waals surface area (Å²) in [5.41, 5.74) is 1.00. The van der Waals surface area contributed by atoms with Gasteiger partial charge >= 0.3 is 0 Å². The Balaban J connectivity index is 2.02. The number of benzene rings is 2. The number of aromatic nitrogens is 2. The molecule has 0 saturated carbocycles. The first-order chi connectivity index (χ1) is 12.6. The predicted molar refractivity (Wildman–Crippen MR) is 93.2 cm³/mol. The average molecular weight is 350 g/mol. The number of amides is 1. The lowest BCUT2D eigenvalue weighted by atomic mass is 10.0. The van der Waals surface area contributed by atoms with Gasteiger partial charge in [-0.15, -0.1) is 0 Å². The minimum atomic E-state index is -1.40. The van der Waals surface area contributed by atoms with Gasteiger partial charge in [0.15, 0.2) is 0 Å². The van der Waals surface area contributed by atoms with Crippen molar-refractivity contribution in [1.29, 1.82) is 0 Å². The van der Waals surface area contributed by atoms with Gasteiger partial charge in [-0.1, -0.05) is 42.5 Å². The molecule has 0 aliphatic heterocycles. The lowest BCUT2D eigenvalue weighted by molar-refractivity contribution is -0.304. The number of aliphatic carboxylic acids is 1. The highest BCUT2D eigenvalue weighted by Gasteiger charge is 2.23. The van der Waals surface area contributed by atoms with Crippen molar-refractivity contribution in [3.8, 4) is 0 Å². The van der Waals surface area contributed by atoms with Crippen molar-refractivity contribution in [2.24, 2.45) is 0 Å². The number of hydrogen-bond acceptors (Lipinski definition) is 5. The first-order valence-corrected chi connectivity index (χ1v) is 8.03. The molecule has 0 saturated heterocycles. The van der Waals surface area contributed by atoms with Crippen molar-refractivity contribution in [2.75, 3.05) is 6.54 Å². The van der Waals surface area contributed by atoms with Crippen molar-refractivity contribution in [3.05, 3.63) is 76.8 Å². The maximum Gasteiger partial charge on any atom is 0.261 e. The molecule has 7 heteroatoms. The van der Waals surface area contributed by atoms with Gasteiger partial charge in [0.2, 0.25) is 5.91 Å². The van der Waals surface area contributed by atoms with E-state index < -0.39 is 24.5 Å². The van der Waals surface area contributed by atoms with Crippen LogP contribution in [0.3, 0.4) is 0 Å². The van der Waals surface area contributed by atoms with Gasteiger partial charge in [0.05, 0.1) is 29.7 Å². The maximum absolute atomic E-state index is 12.8. The zero-order valence-corrected chi connectivity index (χ0v) is 13.8. The monoisotopic (exact) mass is 350 g/mol. The number of nitrogens with one attached hydrogen (secondary N) is 1. The Kier molecular flexibility index (Phi) is 5.07. The number of carboxylic acid groups (broad SMARTS) is 1. The van der Waals surface area contributed by atoms with E-state index in [1.807, 2.05) is 30.3 Å². The smallest absolute Gasteiger partial charge is 0.261 e. The molecule has 1 heterocycles. The zero-order valence-electron chi connectivity index (χ0n) is 13.8. The van der Waals surface area contributed by atoms with Crippen molar-refractivity contribution in [3.63, 3.8) is 0 Å². The Hall–Kier alpha value is -3.48. The number of carbonyl (C=O) groups excluding carboxylic acids is 2. The fourth-order valence-corrected chi connectivity index (χ4v) is 2.74. The standard InChI is InChI=1S/C19H17N3O4/c23-17(24)11-20-18(25)16(10-13-6-2-1-3-7-13)22-12-21-15-9-5-4-8-14(15)19(22)26/h1-9,12,16H,10-11H2,(H,20,25)(H,23,24)/p-1/t16-/m0/s1. The summed E-state index contributed by atoms with van der Waals surface area (Å²) in [6.45, 7) is -0.625. The van der Waals surface area contributed by atoms with Crippen LogP contribution < -0.4 is 16.0 Å². The summed E-state index contributed by atoms with van der Waals surface area (Å²) in [6, 6.07) is 15.1. The summed E-state index contributed by atoms with van der Waals surface area (Å²) in [4.78, 5) is 40.3. The van der Waals surface area contributed by atoms with E-state index in [0.717, 1.165) is 5.56 Å². The molecule has 0 aliphatic rings. The summed E-state index contributed by atoms with van der Waals surface area (Å²) < 4.78 is 1.24. The van der Waals surface area contributed by atoms with Crippen LogP contribution in [0.1, 0.15) is 11.6 Å². The Labute approximate surface area is 148 Å². The molecule has 1 amide bonds. The van der Waals surface area contributed by atoms with Gasteiger partial charge < -0.3 is 15.2 Å². The van der Waals surface area contributed by atoms with E-state index >= 15 is 0 Å². The van der Waals surface area contributed by atoms with Crippen LogP contribution in [-0.4, -0.2) is 28.0 Å². The fraction of sp³-hybridized carbons (Fsp3) is 0.158. The quantitative estimate of drug-likeness (QED) is 0.676. The van der Waals surface area contributed by atoms with Crippen LogP contribution in [0.15, 0.2) is 65.7 Å². The molecule has 0 fully saturated rings. The highest BCUT2D eigenvalue weighted by atomic mass is 16.4. The summed E-state index contributed by atoms with van der Waals surface area (Å²) in [5.74, 6) is -1.99. The second kappa shape index (κ2) is 7.60. The van der Waals surface area contributed by atoms with Gasteiger partial charge in [-0.3, -0.25) is 14.2 Å². The van der Waals surface area contributed by atoms with E-state index in [1.54, 1.807) is 24.3 Å². The molecule has 0 spiro atoms. The van der Waals surface area contributed by atoms with Gasteiger partial charge in [0, 0.05) is 6.42 Å². The molecule has 7 nitrogen and oxygen atoms in total. The zero-order chi connectivity index (χ0) is 18.5. The maximum atomic E-state index is 12.8. The van der Waals surface area contributed by atoms with Crippen molar-refractivity contribution >= 4 is 22.8 Å². The van der Waals surface area contributed by atoms with Crippen molar-refractivity contribution < 1.29 is 14.7 Å². The van der Waals surface area contributed by atoms with Crippen LogP contribution in [0.2, 0.25) is 0 Å². The molecular weight excluding hydrogens is 334 g/mol. The summed E-state index contributed by atoms with van der Waals surface area (Å²) in [6.07, 6.45) is 1.54. The van der Waals surface area contributed by atoms with Crippen molar-refractivity contribution in [1.82, 2.24) is 14.9 Å². The molecule has 0 unspecified atom stereocenters. The normalized spacial score (nSPS) is 11.8. The Bertz CT molecular complexity index is 998. The van der Waals surface area contributed by atoms with Crippen LogP contribution in [0.25, 0.3) is 10.9 Å². The van der Waals surface area contributed by atoms with E-state index in [2.05, 4.69) is 10.3 Å². The van der Waals surface area contributed by atoms with Crippen LogP contribution in [0.4, 0.5) is 0 Å². The van der Waals surface area contributed by atoms with Crippen LogP contribution in [0, 0.1) is 0 Å². The minimum absolute atomic E-state index is 0.222. The van der Waals surface area contributed by atoms with E-state index in [0.29, 0.717) is 10.9 Å². The molecule has 0 aliphatic carbocycles. The van der Waals surface area contributed by atoms with Gasteiger partial charge in [0.25, 0.3) is 5.56 Å². The lowest BCUT2D eigenvalue weighted by Crippen LogP contribution is -2.43. The second-order valence-corrected chi connectivity index (χ2v) is 5.77. The predicted octanol–water partition coefficient (Wildman–Crippen LogP) is 0.0464. The van der Waals surface area contributed by atoms with E-state index in [9.17, 15) is 19.5 Å². The molecule has 1 aromatic heterocycles. The SMILES string of the molecule is O=C([O-])CNC(=O)[C@H](Cc1ccccc1)n1cnc2ccccc2c1=O. The summed E-state index contributed by atoms with van der Waals surface area (Å²) in [7, 11) is 0. The molecule has 0 radical (unpaired) electrons. The largest absolute Gasteiger partial charge is 0.548 e. The summed E-state index contributed by atoms with van der Waals surface area (Å²) >= 11 is 0. The van der Waals surface area contributed by atoms with Crippen LogP contribution >= 0.6 is 0 Å². The highest BCUT2D eigenvalue weighted by Crippen LogP contribution is 2.15. The Morgan fingerprint density at radius 2 is 1.77 bits per heavy atom. The van der Waals surface area contributed by atoms with E-state index in [4.69, 9.17) is 0 Å². The van der Waals surface area contributed by atoms with Crippen molar-refractivity contribution in [2.45, 2.75) is 12.5 Å². The number of fused-ring (bicyclic) bond motifs is 1. The molecule has 0 bridgehead atoms. The molecule has 2 aromatic carbocycles. The Morgan fingerprint density at radius 1 is 1.08 bits per heavy atom. The summed E-state index contributed by atoms with van der Waals surface area (Å²) in [5, 5.41) is 13.3. The molecule has 3 aromatic rings. The average Bonchev–Trinajstić information content (AvgIpc) is 2.66. The number of para-hydroxylation sites is 1. The third-order valence-corrected chi connectivity index (χ3v) is 4.01. The number of rotatable bonds is 6. The number of hydrogen-bond donors (Lipinski definition) is 1. The number of carboxylic acids is 1. The minimum Gasteiger partial charge on any atom is -0.548 e. The third kappa shape index (κ3) is 3.77. The van der Waals surface area contributed by atoms with Crippen LogP contribution in [-0.2, 0) is 16.0 Å². The van der Waals surface area contributed by atoms with Gasteiger partial charge in [0.1, 0.15) is 6.04 Å². The van der Waals surface area contributed by atoms with Gasteiger partial charge in [-0.05, 0) is 17.7 Å². The first kappa shape index (κ1) is 17.3. The molecule has 3 rings (SSSR count). The first-order valence-electron chi connectivity index (χ1n) is 8.03. The molecule has 1 atom stereocenters. The van der Waals surface area contributed by atoms with Gasteiger partial charge in [-0.2, -0.15) is 0 Å². The molecular formula is C19H16N3O4-. The third-order valence-electron chi connectivity index (χ3n) is 4.01. The molecule has 1 N–H and O–H groups in total. The lowest BCUT2D eigenvalue weighted by Gasteiger charge is -2.20. The fourth-order valence-electron chi connectivity index (χ4n) is 2.74. The Morgan fingerprint density at radius 3 is 2.50 bits per heavy atom. The highest BCUT2D eigenvalue weighted by molar-refractivity contribution is 5.84. The number of nitrogens with zero attached hydrogens (tertiary/aromatic N) is 2. The number of carbonyl (C=O) groups is 2. The molecule has 132 valence electrons. The van der Waals surface area contributed by atoms with E-state index in [1.165, 1.54) is 10.9 Å². The van der Waals surface area contributed by atoms with Gasteiger partial charge in [-0.25, -0.2) is 4.98 Å². The topological polar surface area (TPSA) is 104 Å². The van der Waals surface area contributed by atoms with E-state index in [-0.39, 0.29) is 12.0 Å². The molecule has 26 heavy (non-hydrogen) atoms.